The second-order valence-electron chi connectivity index (χ2n) is 7.64. The molecule has 0 aromatic heterocycles. The Morgan fingerprint density at radius 3 is 2.56 bits per heavy atom. The highest BCUT2D eigenvalue weighted by Gasteiger charge is 2.34. The second kappa shape index (κ2) is 8.48. The topological polar surface area (TPSA) is 58.6 Å². The number of esters is 1. The Morgan fingerprint density at radius 1 is 1.28 bits per heavy atom. The van der Waals surface area contributed by atoms with Gasteiger partial charge in [-0.05, 0) is 25.3 Å². The molecule has 1 aliphatic rings. The molecular formula is C20H30N2O3. The van der Waals surface area contributed by atoms with E-state index in [1.807, 2.05) is 6.07 Å². The summed E-state index contributed by atoms with van der Waals surface area (Å²) in [5.41, 5.74) is 0.563. The van der Waals surface area contributed by atoms with Gasteiger partial charge in [0.2, 0.25) is 5.91 Å². The average Bonchev–Trinajstić information content (AvgIpc) is 2.57. The van der Waals surface area contributed by atoms with Gasteiger partial charge in [-0.3, -0.25) is 14.5 Å². The van der Waals surface area contributed by atoms with E-state index in [0.717, 1.165) is 25.9 Å². The number of nitrogens with zero attached hydrogens (tertiary/aromatic N) is 1. The van der Waals surface area contributed by atoms with Crippen LogP contribution >= 0.6 is 0 Å². The lowest BCUT2D eigenvalue weighted by Gasteiger charge is -2.39. The van der Waals surface area contributed by atoms with Crippen molar-refractivity contribution in [1.29, 1.82) is 0 Å². The van der Waals surface area contributed by atoms with Crippen LogP contribution < -0.4 is 5.32 Å². The van der Waals surface area contributed by atoms with Crippen molar-refractivity contribution >= 4 is 11.9 Å². The molecule has 1 fully saturated rings. The number of piperidine rings is 1. The van der Waals surface area contributed by atoms with E-state index in [1.165, 1.54) is 12.7 Å². The first-order chi connectivity index (χ1) is 11.8. The molecule has 0 radical (unpaired) electrons. The maximum absolute atomic E-state index is 12.5. The molecule has 1 amide bonds. The van der Waals surface area contributed by atoms with E-state index >= 15 is 0 Å². The second-order valence-corrected chi connectivity index (χ2v) is 7.64. The van der Waals surface area contributed by atoms with Gasteiger partial charge in [0.15, 0.2) is 0 Å². The molecule has 1 N–H and O–H groups in total. The van der Waals surface area contributed by atoms with E-state index in [0.29, 0.717) is 6.04 Å². The minimum absolute atomic E-state index is 0.0772. The van der Waals surface area contributed by atoms with Crippen molar-refractivity contribution in [2.45, 2.75) is 58.7 Å². The number of ether oxygens (including phenoxy) is 1. The van der Waals surface area contributed by atoms with Crippen molar-refractivity contribution in [3.05, 3.63) is 35.9 Å². The van der Waals surface area contributed by atoms with Crippen molar-refractivity contribution in [2.75, 3.05) is 13.7 Å². The minimum atomic E-state index is -0.752. The zero-order valence-electron chi connectivity index (χ0n) is 15.7. The van der Waals surface area contributed by atoms with Crippen LogP contribution in [0.15, 0.2) is 30.3 Å². The predicted octanol–water partition coefficient (Wildman–Crippen LogP) is 2.75. The minimum Gasteiger partial charge on any atom is -0.469 e. The van der Waals surface area contributed by atoms with Crippen LogP contribution in [0, 0.1) is 5.41 Å². The summed E-state index contributed by atoms with van der Waals surface area (Å²) in [5.74, 6) is -0.433. The van der Waals surface area contributed by atoms with Crippen LogP contribution in [0.1, 0.15) is 45.6 Å². The molecule has 0 spiro atoms. The number of benzene rings is 1. The number of carbonyl (C=O) groups excluding carboxylic acids is 2. The number of amides is 1. The quantitative estimate of drug-likeness (QED) is 0.805. The SMILES string of the molecule is COC(=O)CC(C)(C)C(=O)NC1CCN(Cc2ccccc2)C(C)C1. The first-order valence-electron chi connectivity index (χ1n) is 8.97. The summed E-state index contributed by atoms with van der Waals surface area (Å²) in [5, 5.41) is 3.13. The van der Waals surface area contributed by atoms with E-state index in [1.54, 1.807) is 13.8 Å². The largest absolute Gasteiger partial charge is 0.469 e. The van der Waals surface area contributed by atoms with Gasteiger partial charge in [-0.25, -0.2) is 0 Å². The lowest BCUT2D eigenvalue weighted by Crippen LogP contribution is -2.51. The first-order valence-corrected chi connectivity index (χ1v) is 8.97. The maximum Gasteiger partial charge on any atom is 0.306 e. The Balaban J connectivity index is 1.86. The molecule has 5 heteroatoms. The van der Waals surface area contributed by atoms with Crippen molar-refractivity contribution in [3.8, 4) is 0 Å². The van der Waals surface area contributed by atoms with Crippen LogP contribution in [-0.4, -0.2) is 42.5 Å². The molecule has 1 aromatic carbocycles. The highest BCUT2D eigenvalue weighted by atomic mass is 16.5. The zero-order chi connectivity index (χ0) is 18.4. The molecule has 0 aliphatic carbocycles. The molecule has 1 aromatic rings. The van der Waals surface area contributed by atoms with Gasteiger partial charge in [-0.1, -0.05) is 44.2 Å². The van der Waals surface area contributed by atoms with Gasteiger partial charge in [0, 0.05) is 25.2 Å². The summed E-state index contributed by atoms with van der Waals surface area (Å²) >= 11 is 0. The van der Waals surface area contributed by atoms with Crippen LogP contribution in [0.3, 0.4) is 0 Å². The Labute approximate surface area is 150 Å². The molecule has 0 saturated carbocycles. The van der Waals surface area contributed by atoms with E-state index in [2.05, 4.69) is 46.1 Å². The van der Waals surface area contributed by atoms with E-state index in [9.17, 15) is 9.59 Å². The summed E-state index contributed by atoms with van der Waals surface area (Å²) < 4.78 is 4.69. The highest BCUT2D eigenvalue weighted by Crippen LogP contribution is 2.24. The Hall–Kier alpha value is -1.88. The van der Waals surface area contributed by atoms with E-state index < -0.39 is 5.41 Å². The van der Waals surface area contributed by atoms with Gasteiger partial charge < -0.3 is 10.1 Å². The molecule has 25 heavy (non-hydrogen) atoms. The third-order valence-corrected chi connectivity index (χ3v) is 5.01. The summed E-state index contributed by atoms with van der Waals surface area (Å²) in [7, 11) is 1.35. The third-order valence-electron chi connectivity index (χ3n) is 5.01. The highest BCUT2D eigenvalue weighted by molar-refractivity contribution is 5.86. The fraction of sp³-hybridized carbons (Fsp3) is 0.600. The Bertz CT molecular complexity index is 586. The van der Waals surface area contributed by atoms with Crippen molar-refractivity contribution in [2.24, 2.45) is 5.41 Å². The monoisotopic (exact) mass is 346 g/mol. The number of likely N-dealkylation sites (tertiary alicyclic amines) is 1. The molecular weight excluding hydrogens is 316 g/mol. The van der Waals surface area contributed by atoms with Gasteiger partial charge in [0.05, 0.1) is 18.9 Å². The van der Waals surface area contributed by atoms with Crippen molar-refractivity contribution < 1.29 is 14.3 Å². The zero-order valence-corrected chi connectivity index (χ0v) is 15.7. The van der Waals surface area contributed by atoms with Crippen LogP contribution in [-0.2, 0) is 20.9 Å². The van der Waals surface area contributed by atoms with Gasteiger partial charge in [-0.2, -0.15) is 0 Å². The number of hydrogen-bond acceptors (Lipinski definition) is 4. The number of methoxy groups -OCH3 is 1. The van der Waals surface area contributed by atoms with Crippen LogP contribution in [0.5, 0.6) is 0 Å². The lowest BCUT2D eigenvalue weighted by atomic mass is 9.87. The first kappa shape index (κ1) is 19.4. The van der Waals surface area contributed by atoms with Gasteiger partial charge in [0.25, 0.3) is 0 Å². The molecule has 2 atom stereocenters. The molecule has 5 nitrogen and oxygen atoms in total. The summed E-state index contributed by atoms with van der Waals surface area (Å²) in [6, 6.07) is 11.0. The number of nitrogens with one attached hydrogen (secondary N) is 1. The molecule has 0 bridgehead atoms. The standard InChI is InChI=1S/C20H30N2O3/c1-15-12-17(21-19(24)20(2,3)13-18(23)25-4)10-11-22(15)14-16-8-6-5-7-9-16/h5-9,15,17H,10-14H2,1-4H3,(H,21,24). The molecule has 138 valence electrons. The summed E-state index contributed by atoms with van der Waals surface area (Å²) in [6.07, 6.45) is 1.95. The molecule has 1 saturated heterocycles. The normalized spacial score (nSPS) is 21.6. The fourth-order valence-electron chi connectivity index (χ4n) is 3.30. The van der Waals surface area contributed by atoms with Crippen LogP contribution in [0.2, 0.25) is 0 Å². The Kier molecular flexibility index (Phi) is 6.59. The van der Waals surface area contributed by atoms with E-state index in [-0.39, 0.29) is 24.3 Å². The van der Waals surface area contributed by atoms with Crippen molar-refractivity contribution in [3.63, 3.8) is 0 Å². The molecule has 2 rings (SSSR count). The van der Waals surface area contributed by atoms with Crippen molar-refractivity contribution in [1.82, 2.24) is 10.2 Å². The van der Waals surface area contributed by atoms with E-state index in [4.69, 9.17) is 0 Å². The number of hydrogen-bond donors (Lipinski definition) is 1. The molecule has 1 aliphatic heterocycles. The maximum atomic E-state index is 12.5. The lowest BCUT2D eigenvalue weighted by molar-refractivity contribution is -0.147. The summed E-state index contributed by atoms with van der Waals surface area (Å²) in [6.45, 7) is 7.68. The predicted molar refractivity (Wildman–Crippen MR) is 97.9 cm³/mol. The molecule has 1 heterocycles. The van der Waals surface area contributed by atoms with Gasteiger partial charge >= 0.3 is 5.97 Å². The Morgan fingerprint density at radius 2 is 1.96 bits per heavy atom. The van der Waals surface area contributed by atoms with Gasteiger partial charge in [-0.15, -0.1) is 0 Å². The average molecular weight is 346 g/mol. The smallest absolute Gasteiger partial charge is 0.306 e. The number of carbonyl (C=O) groups is 2. The fourth-order valence-corrected chi connectivity index (χ4v) is 3.30. The number of rotatable bonds is 6. The van der Waals surface area contributed by atoms with Crippen LogP contribution in [0.4, 0.5) is 0 Å². The third kappa shape index (κ3) is 5.56. The molecule has 2 unspecified atom stereocenters. The van der Waals surface area contributed by atoms with Crippen LogP contribution in [0.25, 0.3) is 0 Å². The van der Waals surface area contributed by atoms with Gasteiger partial charge in [0.1, 0.15) is 0 Å². The summed E-state index contributed by atoms with van der Waals surface area (Å²) in [4.78, 5) is 26.5.